The first-order valence-electron chi connectivity index (χ1n) is 6.26. The Hall–Kier alpha value is -2.55. The van der Waals surface area contributed by atoms with Gasteiger partial charge < -0.3 is 20.7 Å². The van der Waals surface area contributed by atoms with E-state index in [0.717, 1.165) is 10.9 Å². The van der Waals surface area contributed by atoms with Gasteiger partial charge in [0.05, 0.1) is 6.33 Å². The SMILES string of the molecule is C#C[C@H](O)[C@@](F)(CO)O[C@H](CF)n1cnc2c(=O)[nH]c(N)nc21. The van der Waals surface area contributed by atoms with Crippen molar-refractivity contribution < 1.29 is 23.7 Å². The number of hydrogen-bond acceptors (Lipinski definition) is 7. The molecule has 0 fully saturated rings. The molecule has 3 atom stereocenters. The standard InChI is InChI=1S/C12H13F2N5O4/c1-2-6(21)12(14,4-20)23-7(3-13)19-5-16-8-9(19)17-11(15)18-10(8)22/h1,5-7,20-21H,3-4H2,(H3,15,17,18,22)/t6-,7+,12+/m0/s1. The molecule has 0 spiro atoms. The molecule has 2 aromatic rings. The molecular formula is C12H13F2N5O4. The summed E-state index contributed by atoms with van der Waals surface area (Å²) in [6.07, 6.45) is 2.02. The molecule has 2 rings (SSSR count). The second kappa shape index (κ2) is 6.29. The average molecular weight is 329 g/mol. The highest BCUT2D eigenvalue weighted by atomic mass is 19.2. The number of rotatable bonds is 6. The number of aromatic nitrogens is 4. The molecule has 0 saturated heterocycles. The molecule has 2 heterocycles. The highest BCUT2D eigenvalue weighted by Crippen LogP contribution is 2.26. The molecule has 0 radical (unpaired) electrons. The molecule has 0 saturated carbocycles. The summed E-state index contributed by atoms with van der Waals surface area (Å²) in [5, 5.41) is 18.4. The molecule has 11 heteroatoms. The molecule has 0 unspecified atom stereocenters. The molecule has 0 bridgehead atoms. The van der Waals surface area contributed by atoms with Gasteiger partial charge in [-0.05, 0) is 0 Å². The highest BCUT2D eigenvalue weighted by molar-refractivity contribution is 5.70. The van der Waals surface area contributed by atoms with Crippen molar-refractivity contribution in [3.63, 3.8) is 0 Å². The molecule has 9 nitrogen and oxygen atoms in total. The minimum atomic E-state index is -3.12. The molecule has 124 valence electrons. The lowest BCUT2D eigenvalue weighted by Gasteiger charge is -2.29. The fourth-order valence-corrected chi connectivity index (χ4v) is 1.86. The number of alkyl halides is 2. The number of nitrogen functional groups attached to an aromatic ring is 1. The van der Waals surface area contributed by atoms with Crippen molar-refractivity contribution in [3.05, 3.63) is 16.7 Å². The maximum atomic E-state index is 14.3. The zero-order chi connectivity index (χ0) is 17.2. The van der Waals surface area contributed by atoms with Crippen molar-refractivity contribution in [2.24, 2.45) is 0 Å². The molecule has 23 heavy (non-hydrogen) atoms. The van der Waals surface area contributed by atoms with E-state index in [1.807, 2.05) is 0 Å². The van der Waals surface area contributed by atoms with Crippen LogP contribution in [0.1, 0.15) is 6.23 Å². The fraction of sp³-hybridized carbons (Fsp3) is 0.417. The Morgan fingerprint density at radius 1 is 1.65 bits per heavy atom. The van der Waals surface area contributed by atoms with Crippen LogP contribution in [0.25, 0.3) is 11.2 Å². The maximum absolute atomic E-state index is 14.3. The first-order chi connectivity index (χ1) is 10.9. The van der Waals surface area contributed by atoms with Crippen molar-refractivity contribution in [2.45, 2.75) is 18.2 Å². The summed E-state index contributed by atoms with van der Waals surface area (Å²) < 4.78 is 33.3. The number of imidazole rings is 1. The quantitative estimate of drug-likeness (QED) is 0.490. The lowest BCUT2D eigenvalue weighted by Crippen LogP contribution is -2.45. The van der Waals surface area contributed by atoms with E-state index in [1.54, 1.807) is 5.92 Å². The normalized spacial score (nSPS) is 16.7. The topological polar surface area (TPSA) is 139 Å². The van der Waals surface area contributed by atoms with E-state index in [-0.39, 0.29) is 17.1 Å². The number of fused-ring (bicyclic) bond motifs is 1. The summed E-state index contributed by atoms with van der Waals surface area (Å²) >= 11 is 0. The first-order valence-corrected chi connectivity index (χ1v) is 6.26. The van der Waals surface area contributed by atoms with Gasteiger partial charge in [-0.1, -0.05) is 5.92 Å². The average Bonchev–Trinajstić information content (AvgIpc) is 2.95. The van der Waals surface area contributed by atoms with Crippen LogP contribution in [0.2, 0.25) is 0 Å². The number of hydrogen-bond donors (Lipinski definition) is 4. The predicted molar refractivity (Wildman–Crippen MR) is 74.4 cm³/mol. The van der Waals surface area contributed by atoms with Crippen LogP contribution in [0.4, 0.5) is 14.7 Å². The number of nitrogens with two attached hydrogens (primary N) is 1. The van der Waals surface area contributed by atoms with E-state index in [2.05, 4.69) is 15.0 Å². The van der Waals surface area contributed by atoms with Gasteiger partial charge in [-0.25, -0.2) is 13.8 Å². The van der Waals surface area contributed by atoms with E-state index in [1.165, 1.54) is 0 Å². The first kappa shape index (κ1) is 16.8. The Labute approximate surface area is 127 Å². The number of anilines is 1. The molecule has 0 aliphatic carbocycles. The summed E-state index contributed by atoms with van der Waals surface area (Å²) in [6.45, 7) is -2.61. The zero-order valence-electron chi connectivity index (χ0n) is 11.6. The fourth-order valence-electron chi connectivity index (χ4n) is 1.86. The summed E-state index contributed by atoms with van der Waals surface area (Å²) in [5.74, 6) is -1.74. The maximum Gasteiger partial charge on any atom is 0.280 e. The largest absolute Gasteiger partial charge is 0.390 e. The van der Waals surface area contributed by atoms with Crippen molar-refractivity contribution in [1.82, 2.24) is 19.5 Å². The Kier molecular flexibility index (Phi) is 4.60. The smallest absolute Gasteiger partial charge is 0.280 e. The minimum Gasteiger partial charge on any atom is -0.390 e. The summed E-state index contributed by atoms with van der Waals surface area (Å²) in [5.41, 5.74) is 4.38. The van der Waals surface area contributed by atoms with Crippen LogP contribution in [0.3, 0.4) is 0 Å². The van der Waals surface area contributed by atoms with Crippen LogP contribution in [0.5, 0.6) is 0 Å². The number of nitrogens with one attached hydrogen (secondary N) is 1. The van der Waals surface area contributed by atoms with Gasteiger partial charge in [0.15, 0.2) is 23.5 Å². The van der Waals surface area contributed by atoms with Crippen LogP contribution in [0.15, 0.2) is 11.1 Å². The van der Waals surface area contributed by atoms with Crippen molar-refractivity contribution in [1.29, 1.82) is 0 Å². The van der Waals surface area contributed by atoms with E-state index < -0.39 is 37.0 Å². The highest BCUT2D eigenvalue weighted by Gasteiger charge is 2.41. The lowest BCUT2D eigenvalue weighted by atomic mass is 10.2. The number of halogens is 2. The third-order valence-electron chi connectivity index (χ3n) is 3.01. The predicted octanol–water partition coefficient (Wildman–Crippen LogP) is -1.16. The molecule has 0 aliphatic rings. The van der Waals surface area contributed by atoms with Gasteiger partial charge in [-0.2, -0.15) is 4.98 Å². The molecular weight excluding hydrogens is 316 g/mol. The minimum absolute atomic E-state index is 0.163. The van der Waals surface area contributed by atoms with Gasteiger partial charge in [0.25, 0.3) is 11.4 Å². The summed E-state index contributed by atoms with van der Waals surface area (Å²) in [7, 11) is 0. The third kappa shape index (κ3) is 3.00. The Balaban J connectivity index is 2.47. The number of aliphatic hydroxyl groups excluding tert-OH is 2. The summed E-state index contributed by atoms with van der Waals surface area (Å²) in [4.78, 5) is 21.3. The Morgan fingerprint density at radius 2 is 2.35 bits per heavy atom. The molecule has 0 aromatic carbocycles. The van der Waals surface area contributed by atoms with Gasteiger partial charge in [-0.15, -0.1) is 6.42 Å². The van der Waals surface area contributed by atoms with Gasteiger partial charge >= 0.3 is 0 Å². The van der Waals surface area contributed by atoms with E-state index in [0.29, 0.717) is 0 Å². The zero-order valence-corrected chi connectivity index (χ0v) is 11.6. The Morgan fingerprint density at radius 3 is 2.91 bits per heavy atom. The second-order valence-electron chi connectivity index (χ2n) is 4.52. The molecule has 5 N–H and O–H groups in total. The second-order valence-corrected chi connectivity index (χ2v) is 4.52. The van der Waals surface area contributed by atoms with Crippen LogP contribution < -0.4 is 11.3 Å². The number of aliphatic hydroxyl groups is 2. The Bertz CT molecular complexity index is 801. The van der Waals surface area contributed by atoms with Crippen molar-refractivity contribution in [3.8, 4) is 12.3 Å². The number of terminal acetylenes is 1. The van der Waals surface area contributed by atoms with Gasteiger partial charge in [-0.3, -0.25) is 14.3 Å². The van der Waals surface area contributed by atoms with Crippen LogP contribution >= 0.6 is 0 Å². The summed E-state index contributed by atoms with van der Waals surface area (Å²) in [6, 6.07) is 0. The third-order valence-corrected chi connectivity index (χ3v) is 3.01. The van der Waals surface area contributed by atoms with E-state index in [9.17, 15) is 18.7 Å². The van der Waals surface area contributed by atoms with Crippen LogP contribution in [-0.4, -0.2) is 55.0 Å². The van der Waals surface area contributed by atoms with E-state index >= 15 is 0 Å². The van der Waals surface area contributed by atoms with Gasteiger partial charge in [0.2, 0.25) is 5.95 Å². The number of nitrogens with zero attached hydrogens (tertiary/aromatic N) is 3. The van der Waals surface area contributed by atoms with E-state index in [4.69, 9.17) is 22.0 Å². The molecule has 0 amide bonds. The number of aromatic amines is 1. The lowest BCUT2D eigenvalue weighted by molar-refractivity contribution is -0.254. The number of H-pyrrole nitrogens is 1. The molecule has 2 aromatic heterocycles. The monoisotopic (exact) mass is 329 g/mol. The van der Waals surface area contributed by atoms with Crippen LogP contribution in [0, 0.1) is 12.3 Å². The van der Waals surface area contributed by atoms with Crippen molar-refractivity contribution >= 4 is 17.1 Å². The van der Waals surface area contributed by atoms with Crippen molar-refractivity contribution in [2.75, 3.05) is 19.0 Å². The van der Waals surface area contributed by atoms with Gasteiger partial charge in [0, 0.05) is 0 Å². The number of ether oxygens (including phenoxy) is 1. The van der Waals surface area contributed by atoms with Crippen LogP contribution in [-0.2, 0) is 4.74 Å². The molecule has 0 aliphatic heterocycles. The van der Waals surface area contributed by atoms with Gasteiger partial charge in [0.1, 0.15) is 13.3 Å².